The van der Waals surface area contributed by atoms with Gasteiger partial charge in [-0.1, -0.05) is 0 Å². The predicted molar refractivity (Wildman–Crippen MR) is 71.8 cm³/mol. The standard InChI is InChI=1S/C15H17FO5/c16-12-7-10(8-17)1-2-13(12)21-9-15(20)5-3-11(4-6-15)14(18)19/h1-2,7-8,11,20H,3-6,9H2,(H,18,19). The minimum absolute atomic E-state index is 0.0330. The number of carboxylic acids is 1. The summed E-state index contributed by atoms with van der Waals surface area (Å²) in [6, 6.07) is 3.83. The lowest BCUT2D eigenvalue weighted by Crippen LogP contribution is -2.41. The lowest BCUT2D eigenvalue weighted by Gasteiger charge is -2.34. The van der Waals surface area contributed by atoms with Crippen molar-refractivity contribution < 1.29 is 28.9 Å². The Morgan fingerprint density at radius 2 is 2.10 bits per heavy atom. The fourth-order valence-electron chi connectivity index (χ4n) is 2.47. The molecule has 0 spiro atoms. The van der Waals surface area contributed by atoms with Crippen LogP contribution in [-0.4, -0.2) is 34.7 Å². The maximum absolute atomic E-state index is 13.6. The average Bonchev–Trinajstić information content (AvgIpc) is 2.46. The van der Waals surface area contributed by atoms with Crippen LogP contribution in [0.2, 0.25) is 0 Å². The molecule has 1 aromatic carbocycles. The summed E-state index contributed by atoms with van der Waals surface area (Å²) in [5.41, 5.74) is -0.928. The summed E-state index contributed by atoms with van der Waals surface area (Å²) in [5, 5.41) is 19.2. The molecule has 1 saturated carbocycles. The molecule has 1 fully saturated rings. The van der Waals surface area contributed by atoms with Gasteiger partial charge in [0, 0.05) is 5.56 Å². The summed E-state index contributed by atoms with van der Waals surface area (Å²) >= 11 is 0. The molecule has 0 aromatic heterocycles. The van der Waals surface area contributed by atoms with Crippen molar-refractivity contribution in [2.75, 3.05) is 6.61 Å². The van der Waals surface area contributed by atoms with Gasteiger partial charge in [-0.2, -0.15) is 0 Å². The number of halogens is 1. The molecule has 0 atom stereocenters. The van der Waals surface area contributed by atoms with Gasteiger partial charge in [-0.05, 0) is 43.9 Å². The van der Waals surface area contributed by atoms with Crippen LogP contribution in [0.25, 0.3) is 0 Å². The fraction of sp³-hybridized carbons (Fsp3) is 0.467. The van der Waals surface area contributed by atoms with E-state index in [1.165, 1.54) is 12.1 Å². The first-order chi connectivity index (χ1) is 9.93. The lowest BCUT2D eigenvalue weighted by molar-refractivity contribution is -0.145. The van der Waals surface area contributed by atoms with E-state index in [2.05, 4.69) is 0 Å². The molecule has 6 heteroatoms. The summed E-state index contributed by atoms with van der Waals surface area (Å²) in [6.45, 7) is -0.101. The number of aldehydes is 1. The molecule has 1 aliphatic carbocycles. The van der Waals surface area contributed by atoms with Crippen LogP contribution in [0, 0.1) is 11.7 Å². The van der Waals surface area contributed by atoms with Crippen molar-refractivity contribution in [3.63, 3.8) is 0 Å². The third-order valence-corrected chi connectivity index (χ3v) is 3.85. The van der Waals surface area contributed by atoms with Gasteiger partial charge in [0.2, 0.25) is 0 Å². The second-order valence-corrected chi connectivity index (χ2v) is 5.43. The van der Waals surface area contributed by atoms with Gasteiger partial charge in [0.25, 0.3) is 0 Å². The number of hydrogen-bond acceptors (Lipinski definition) is 4. The Bertz CT molecular complexity index is 535. The summed E-state index contributed by atoms with van der Waals surface area (Å²) in [4.78, 5) is 21.4. The Morgan fingerprint density at radius 3 is 2.62 bits per heavy atom. The number of ether oxygens (including phenoxy) is 1. The third kappa shape index (κ3) is 3.78. The summed E-state index contributed by atoms with van der Waals surface area (Å²) < 4.78 is 18.9. The number of carboxylic acid groups (broad SMARTS) is 1. The molecular weight excluding hydrogens is 279 g/mol. The van der Waals surface area contributed by atoms with Crippen LogP contribution in [0.1, 0.15) is 36.0 Å². The lowest BCUT2D eigenvalue weighted by atomic mass is 9.79. The molecular formula is C15H17FO5. The highest BCUT2D eigenvalue weighted by molar-refractivity contribution is 5.75. The van der Waals surface area contributed by atoms with Crippen LogP contribution in [0.5, 0.6) is 5.75 Å². The highest BCUT2D eigenvalue weighted by atomic mass is 19.1. The first kappa shape index (κ1) is 15.4. The molecule has 2 N–H and O–H groups in total. The second-order valence-electron chi connectivity index (χ2n) is 5.43. The van der Waals surface area contributed by atoms with Gasteiger partial charge in [-0.15, -0.1) is 0 Å². The van der Waals surface area contributed by atoms with Gasteiger partial charge >= 0.3 is 5.97 Å². The first-order valence-corrected chi connectivity index (χ1v) is 6.76. The molecule has 0 saturated heterocycles. The molecule has 0 amide bonds. The van der Waals surface area contributed by atoms with Gasteiger partial charge < -0.3 is 14.9 Å². The third-order valence-electron chi connectivity index (χ3n) is 3.85. The molecule has 0 unspecified atom stereocenters. The van der Waals surface area contributed by atoms with E-state index in [1.54, 1.807) is 0 Å². The monoisotopic (exact) mass is 296 g/mol. The summed E-state index contributed by atoms with van der Waals surface area (Å²) in [7, 11) is 0. The van der Waals surface area contributed by atoms with Crippen LogP contribution in [0.4, 0.5) is 4.39 Å². The zero-order valence-electron chi connectivity index (χ0n) is 11.4. The number of rotatable bonds is 5. The Balaban J connectivity index is 1.94. The number of aliphatic hydroxyl groups is 1. The average molecular weight is 296 g/mol. The Morgan fingerprint density at radius 1 is 1.43 bits per heavy atom. The second kappa shape index (κ2) is 6.22. The van der Waals surface area contributed by atoms with Gasteiger partial charge in [0.15, 0.2) is 11.6 Å². The largest absolute Gasteiger partial charge is 0.488 e. The normalized spacial score (nSPS) is 25.3. The number of aliphatic carboxylic acids is 1. The molecule has 0 bridgehead atoms. The van der Waals surface area contributed by atoms with E-state index >= 15 is 0 Å². The molecule has 0 radical (unpaired) electrons. The van der Waals surface area contributed by atoms with Crippen LogP contribution < -0.4 is 4.74 Å². The van der Waals surface area contributed by atoms with Crippen molar-refractivity contribution in [3.8, 4) is 5.75 Å². The van der Waals surface area contributed by atoms with Crippen molar-refractivity contribution in [1.82, 2.24) is 0 Å². The summed E-state index contributed by atoms with van der Waals surface area (Å²) in [5.74, 6) is -1.99. The van der Waals surface area contributed by atoms with Crippen LogP contribution in [0.3, 0.4) is 0 Å². The van der Waals surface area contributed by atoms with Crippen molar-refractivity contribution in [2.24, 2.45) is 5.92 Å². The highest BCUT2D eigenvalue weighted by Crippen LogP contribution is 2.33. The SMILES string of the molecule is O=Cc1ccc(OCC2(O)CCC(C(=O)O)CC2)c(F)c1. The van der Waals surface area contributed by atoms with Gasteiger partial charge in [-0.25, -0.2) is 4.39 Å². The van der Waals surface area contributed by atoms with Crippen LogP contribution in [-0.2, 0) is 4.79 Å². The van der Waals surface area contributed by atoms with Crippen molar-refractivity contribution in [3.05, 3.63) is 29.6 Å². The number of benzene rings is 1. The van der Waals surface area contributed by atoms with Crippen molar-refractivity contribution in [2.45, 2.75) is 31.3 Å². The molecule has 5 nitrogen and oxygen atoms in total. The van der Waals surface area contributed by atoms with Crippen LogP contribution >= 0.6 is 0 Å². The molecule has 21 heavy (non-hydrogen) atoms. The minimum Gasteiger partial charge on any atom is -0.488 e. The van der Waals surface area contributed by atoms with E-state index in [0.717, 1.165) is 6.07 Å². The van der Waals surface area contributed by atoms with Gasteiger partial charge in [0.1, 0.15) is 12.9 Å². The maximum Gasteiger partial charge on any atom is 0.306 e. The van der Waals surface area contributed by atoms with E-state index in [9.17, 15) is 19.1 Å². The zero-order valence-corrected chi connectivity index (χ0v) is 11.4. The topological polar surface area (TPSA) is 83.8 Å². The molecule has 1 aromatic rings. The van der Waals surface area contributed by atoms with E-state index in [4.69, 9.17) is 9.84 Å². The Kier molecular flexibility index (Phi) is 4.57. The van der Waals surface area contributed by atoms with E-state index < -0.39 is 23.3 Å². The number of carbonyl (C=O) groups is 2. The van der Waals surface area contributed by atoms with E-state index in [0.29, 0.717) is 32.0 Å². The number of hydrogen-bond donors (Lipinski definition) is 2. The molecule has 0 aliphatic heterocycles. The Hall–Kier alpha value is -1.95. The van der Waals surface area contributed by atoms with E-state index in [-0.39, 0.29) is 17.9 Å². The van der Waals surface area contributed by atoms with Gasteiger partial charge in [-0.3, -0.25) is 9.59 Å². The molecule has 2 rings (SSSR count). The molecule has 0 heterocycles. The fourth-order valence-corrected chi connectivity index (χ4v) is 2.47. The zero-order chi connectivity index (χ0) is 15.5. The highest BCUT2D eigenvalue weighted by Gasteiger charge is 2.36. The molecule has 114 valence electrons. The van der Waals surface area contributed by atoms with Crippen molar-refractivity contribution >= 4 is 12.3 Å². The van der Waals surface area contributed by atoms with Crippen molar-refractivity contribution in [1.29, 1.82) is 0 Å². The predicted octanol–water partition coefficient (Wildman–Crippen LogP) is 2.02. The first-order valence-electron chi connectivity index (χ1n) is 6.76. The van der Waals surface area contributed by atoms with Crippen LogP contribution in [0.15, 0.2) is 18.2 Å². The van der Waals surface area contributed by atoms with Gasteiger partial charge in [0.05, 0.1) is 11.5 Å². The minimum atomic E-state index is -1.14. The van der Waals surface area contributed by atoms with E-state index in [1.807, 2.05) is 0 Å². The summed E-state index contributed by atoms with van der Waals surface area (Å²) in [6.07, 6.45) is 1.90. The molecule has 1 aliphatic rings. The smallest absolute Gasteiger partial charge is 0.306 e. The maximum atomic E-state index is 13.6. The quantitative estimate of drug-likeness (QED) is 0.812. The number of carbonyl (C=O) groups excluding carboxylic acids is 1. The Labute approximate surface area is 121 Å².